The smallest absolute Gasteiger partial charge is 0.242 e. The van der Waals surface area contributed by atoms with Crippen molar-refractivity contribution in [2.24, 2.45) is 5.92 Å². The standard InChI is InChI=1S/C26H36ClN3O4S/c1-19(2)17-28-26(32)21(4)29(18-22-9-6-8-20(3)16-22)25(31)10-7-15-30(35(5,33)34)24-13-11-23(27)12-14-24/h6,8-9,11-14,16,19,21H,7,10,15,17-18H2,1-5H3,(H,28,32). The summed E-state index contributed by atoms with van der Waals surface area (Å²) in [4.78, 5) is 27.6. The van der Waals surface area contributed by atoms with E-state index in [1.54, 1.807) is 36.1 Å². The summed E-state index contributed by atoms with van der Waals surface area (Å²) < 4.78 is 26.0. The van der Waals surface area contributed by atoms with Gasteiger partial charge in [0.1, 0.15) is 6.04 Å². The quantitative estimate of drug-likeness (QED) is 0.449. The maximum atomic E-state index is 13.3. The predicted molar refractivity (Wildman–Crippen MR) is 142 cm³/mol. The first-order valence-corrected chi connectivity index (χ1v) is 14.0. The van der Waals surface area contributed by atoms with Crippen molar-refractivity contribution in [3.63, 3.8) is 0 Å². The molecule has 1 atom stereocenters. The Kier molecular flexibility index (Phi) is 10.6. The van der Waals surface area contributed by atoms with Crippen LogP contribution in [-0.2, 0) is 26.2 Å². The van der Waals surface area contributed by atoms with Crippen LogP contribution in [0.3, 0.4) is 0 Å². The zero-order valence-electron chi connectivity index (χ0n) is 21.1. The molecule has 0 saturated carbocycles. The number of nitrogens with zero attached hydrogens (tertiary/aromatic N) is 2. The van der Waals surface area contributed by atoms with Gasteiger partial charge in [0.15, 0.2) is 0 Å². The number of sulfonamides is 1. The van der Waals surface area contributed by atoms with Gasteiger partial charge in [-0.05, 0) is 56.0 Å². The molecule has 2 aromatic rings. The molecule has 0 radical (unpaired) electrons. The van der Waals surface area contributed by atoms with Crippen LogP contribution in [0, 0.1) is 12.8 Å². The largest absolute Gasteiger partial charge is 0.354 e. The Morgan fingerprint density at radius 2 is 1.71 bits per heavy atom. The van der Waals surface area contributed by atoms with Gasteiger partial charge >= 0.3 is 0 Å². The zero-order valence-corrected chi connectivity index (χ0v) is 22.7. The van der Waals surface area contributed by atoms with Gasteiger partial charge in [-0.3, -0.25) is 13.9 Å². The number of anilines is 1. The van der Waals surface area contributed by atoms with Crippen LogP contribution in [0.15, 0.2) is 48.5 Å². The van der Waals surface area contributed by atoms with E-state index in [-0.39, 0.29) is 24.8 Å². The van der Waals surface area contributed by atoms with Crippen molar-refractivity contribution in [2.75, 3.05) is 23.7 Å². The number of hydrogen-bond donors (Lipinski definition) is 1. The lowest BCUT2D eigenvalue weighted by Crippen LogP contribution is -2.48. The summed E-state index contributed by atoms with van der Waals surface area (Å²) in [6, 6.07) is 13.7. The molecule has 0 aliphatic carbocycles. The second kappa shape index (κ2) is 12.9. The van der Waals surface area contributed by atoms with Crippen LogP contribution in [-0.4, -0.2) is 50.5 Å². The second-order valence-corrected chi connectivity index (χ2v) is 11.6. The van der Waals surface area contributed by atoms with Gasteiger partial charge < -0.3 is 10.2 Å². The van der Waals surface area contributed by atoms with Crippen molar-refractivity contribution in [3.8, 4) is 0 Å². The first-order chi connectivity index (χ1) is 16.4. The van der Waals surface area contributed by atoms with Gasteiger partial charge in [0.25, 0.3) is 0 Å². The zero-order chi connectivity index (χ0) is 26.2. The summed E-state index contributed by atoms with van der Waals surface area (Å²) >= 11 is 5.93. The number of amides is 2. The molecule has 2 aromatic carbocycles. The fourth-order valence-corrected chi connectivity index (χ4v) is 4.74. The summed E-state index contributed by atoms with van der Waals surface area (Å²) in [5.74, 6) is -0.121. The van der Waals surface area contributed by atoms with E-state index in [0.29, 0.717) is 36.1 Å². The molecule has 7 nitrogen and oxygen atoms in total. The Morgan fingerprint density at radius 1 is 1.06 bits per heavy atom. The van der Waals surface area contributed by atoms with Crippen LogP contribution in [0.25, 0.3) is 0 Å². The Hall–Kier alpha value is -2.58. The molecule has 0 aliphatic rings. The molecule has 1 N–H and O–H groups in total. The van der Waals surface area contributed by atoms with E-state index in [1.165, 1.54) is 4.31 Å². The molecule has 192 valence electrons. The lowest BCUT2D eigenvalue weighted by Gasteiger charge is -2.30. The highest BCUT2D eigenvalue weighted by Crippen LogP contribution is 2.21. The van der Waals surface area contributed by atoms with Crippen LogP contribution in [0.4, 0.5) is 5.69 Å². The molecule has 0 bridgehead atoms. The van der Waals surface area contributed by atoms with Gasteiger partial charge in [0, 0.05) is 31.1 Å². The molecular weight excluding hydrogens is 486 g/mol. The number of carbonyl (C=O) groups is 2. The minimum Gasteiger partial charge on any atom is -0.354 e. The van der Waals surface area contributed by atoms with Crippen molar-refractivity contribution in [1.82, 2.24) is 10.2 Å². The number of rotatable bonds is 12. The maximum absolute atomic E-state index is 13.3. The molecule has 1 unspecified atom stereocenters. The molecule has 9 heteroatoms. The van der Waals surface area contributed by atoms with E-state index >= 15 is 0 Å². The van der Waals surface area contributed by atoms with Crippen LogP contribution in [0.1, 0.15) is 44.7 Å². The fraction of sp³-hybridized carbons (Fsp3) is 0.462. The molecule has 2 rings (SSSR count). The molecule has 0 aliphatic heterocycles. The van der Waals surface area contributed by atoms with Gasteiger partial charge in [-0.2, -0.15) is 0 Å². The van der Waals surface area contributed by atoms with Crippen molar-refractivity contribution in [3.05, 3.63) is 64.7 Å². The normalized spacial score (nSPS) is 12.3. The number of aryl methyl sites for hydroxylation is 1. The first-order valence-electron chi connectivity index (χ1n) is 11.7. The lowest BCUT2D eigenvalue weighted by molar-refractivity contribution is -0.140. The van der Waals surface area contributed by atoms with E-state index in [0.717, 1.165) is 17.4 Å². The van der Waals surface area contributed by atoms with Gasteiger partial charge in [-0.25, -0.2) is 8.42 Å². The van der Waals surface area contributed by atoms with E-state index in [1.807, 2.05) is 45.0 Å². The van der Waals surface area contributed by atoms with Crippen molar-refractivity contribution < 1.29 is 18.0 Å². The minimum atomic E-state index is -3.55. The lowest BCUT2D eigenvalue weighted by atomic mass is 10.1. The summed E-state index contributed by atoms with van der Waals surface area (Å²) in [6.45, 7) is 8.68. The van der Waals surface area contributed by atoms with Gasteiger partial charge in [-0.15, -0.1) is 0 Å². The second-order valence-electron chi connectivity index (χ2n) is 9.24. The third-order valence-corrected chi connectivity index (χ3v) is 7.00. The molecule has 2 amide bonds. The average Bonchev–Trinajstić information content (AvgIpc) is 2.78. The summed E-state index contributed by atoms with van der Waals surface area (Å²) in [5, 5.41) is 3.41. The van der Waals surface area contributed by atoms with Gasteiger partial charge in [0.2, 0.25) is 21.8 Å². The highest BCUT2D eigenvalue weighted by Gasteiger charge is 2.26. The Bertz CT molecular complexity index is 1100. The highest BCUT2D eigenvalue weighted by molar-refractivity contribution is 7.92. The number of hydrogen-bond acceptors (Lipinski definition) is 4. The van der Waals surface area contributed by atoms with E-state index < -0.39 is 16.1 Å². The van der Waals surface area contributed by atoms with Gasteiger partial charge in [0.05, 0.1) is 11.9 Å². The first kappa shape index (κ1) is 28.7. The minimum absolute atomic E-state index is 0.104. The van der Waals surface area contributed by atoms with Gasteiger partial charge in [-0.1, -0.05) is 55.3 Å². The molecule has 0 aromatic heterocycles. The SMILES string of the molecule is Cc1cccc(CN(C(=O)CCCN(c2ccc(Cl)cc2)S(C)(=O)=O)C(C)C(=O)NCC(C)C)c1. The predicted octanol–water partition coefficient (Wildman–Crippen LogP) is 4.38. The van der Waals surface area contributed by atoms with E-state index in [2.05, 4.69) is 5.32 Å². The highest BCUT2D eigenvalue weighted by atomic mass is 35.5. The third-order valence-electron chi connectivity index (χ3n) is 5.55. The molecule has 0 heterocycles. The maximum Gasteiger partial charge on any atom is 0.242 e. The fourth-order valence-electron chi connectivity index (χ4n) is 3.65. The Morgan fingerprint density at radius 3 is 2.29 bits per heavy atom. The average molecular weight is 522 g/mol. The number of halogens is 1. The van der Waals surface area contributed by atoms with Crippen molar-refractivity contribution in [2.45, 2.75) is 53.1 Å². The molecule has 0 fully saturated rings. The van der Waals surface area contributed by atoms with Crippen LogP contribution < -0.4 is 9.62 Å². The van der Waals surface area contributed by atoms with Crippen molar-refractivity contribution >= 4 is 39.1 Å². The monoisotopic (exact) mass is 521 g/mol. The number of benzene rings is 2. The van der Waals surface area contributed by atoms with Crippen LogP contribution in [0.2, 0.25) is 5.02 Å². The summed E-state index contributed by atoms with van der Waals surface area (Å²) in [6.07, 6.45) is 1.54. The third kappa shape index (κ3) is 9.18. The molecule has 0 spiro atoms. The molecule has 0 saturated heterocycles. The number of carbonyl (C=O) groups excluding carboxylic acids is 2. The van der Waals surface area contributed by atoms with Crippen molar-refractivity contribution in [1.29, 1.82) is 0 Å². The van der Waals surface area contributed by atoms with Crippen LogP contribution >= 0.6 is 11.6 Å². The molecule has 35 heavy (non-hydrogen) atoms. The Labute approximate surface area is 214 Å². The Balaban J connectivity index is 2.15. The number of nitrogens with one attached hydrogen (secondary N) is 1. The summed E-state index contributed by atoms with van der Waals surface area (Å²) in [7, 11) is -3.55. The van der Waals surface area contributed by atoms with Crippen LogP contribution in [0.5, 0.6) is 0 Å². The topological polar surface area (TPSA) is 86.8 Å². The van der Waals surface area contributed by atoms with E-state index in [4.69, 9.17) is 11.6 Å². The van der Waals surface area contributed by atoms with E-state index in [9.17, 15) is 18.0 Å². The molecular formula is C26H36ClN3O4S. The summed E-state index contributed by atoms with van der Waals surface area (Å²) in [5.41, 5.74) is 2.49.